The van der Waals surface area contributed by atoms with Gasteiger partial charge in [-0.25, -0.2) is 0 Å². The van der Waals surface area contributed by atoms with Crippen LogP contribution in [0.5, 0.6) is 0 Å². The maximum Gasteiger partial charge on any atom is 0.279 e. The summed E-state index contributed by atoms with van der Waals surface area (Å²) in [5.41, 5.74) is 4.89. The lowest BCUT2D eigenvalue weighted by atomic mass is 10.1. The number of aromatic nitrogens is 2. The van der Waals surface area contributed by atoms with Crippen LogP contribution in [0.2, 0.25) is 0 Å². The van der Waals surface area contributed by atoms with Crippen molar-refractivity contribution in [1.29, 1.82) is 0 Å². The first-order chi connectivity index (χ1) is 10.2. The molecule has 2 N–H and O–H groups in total. The number of halogens is 1. The third-order valence-electron chi connectivity index (χ3n) is 4.19. The molecule has 2 aliphatic heterocycles. The number of nitrogens with zero attached hydrogens (tertiary/aromatic N) is 2. The molecule has 0 radical (unpaired) electrons. The third kappa shape index (κ3) is 2.10. The van der Waals surface area contributed by atoms with Gasteiger partial charge in [-0.05, 0) is 30.2 Å². The lowest BCUT2D eigenvalue weighted by Crippen LogP contribution is -2.31. The number of aromatic amines is 1. The van der Waals surface area contributed by atoms with E-state index in [0.29, 0.717) is 12.2 Å². The van der Waals surface area contributed by atoms with Gasteiger partial charge in [-0.3, -0.25) is 9.89 Å². The summed E-state index contributed by atoms with van der Waals surface area (Å²) in [6.45, 7) is 2.37. The van der Waals surface area contributed by atoms with Crippen LogP contribution < -0.4 is 10.2 Å². The number of carbonyl (C=O) groups excluding carboxylic acids is 1. The van der Waals surface area contributed by atoms with Crippen LogP contribution in [0.15, 0.2) is 22.7 Å². The monoisotopic (exact) mass is 346 g/mol. The summed E-state index contributed by atoms with van der Waals surface area (Å²) in [5.74, 6) is -0.00253. The largest absolute Gasteiger partial charge is 0.312 e. The summed E-state index contributed by atoms with van der Waals surface area (Å²) in [7, 11) is 0. The summed E-state index contributed by atoms with van der Waals surface area (Å²) in [6, 6.07) is 6.07. The van der Waals surface area contributed by atoms with Gasteiger partial charge >= 0.3 is 0 Å². The van der Waals surface area contributed by atoms with Gasteiger partial charge in [-0.2, -0.15) is 5.10 Å². The standard InChI is InChI=1S/C15H15BrN4O/c16-10-1-2-13-9(7-10)4-6-20(13)15(21)14-11-8-17-5-3-12(11)18-19-14/h1-2,7,17H,3-6,8H2,(H,18,19). The summed E-state index contributed by atoms with van der Waals surface area (Å²) in [4.78, 5) is 14.7. The molecule has 6 heteroatoms. The molecule has 3 heterocycles. The molecule has 4 rings (SSSR count). The predicted molar refractivity (Wildman–Crippen MR) is 83.5 cm³/mol. The highest BCUT2D eigenvalue weighted by Gasteiger charge is 2.30. The molecule has 0 fully saturated rings. The van der Waals surface area contributed by atoms with Crippen LogP contribution in [0.1, 0.15) is 27.3 Å². The second-order valence-corrected chi connectivity index (χ2v) is 6.35. The Morgan fingerprint density at radius 2 is 2.24 bits per heavy atom. The van der Waals surface area contributed by atoms with Gasteiger partial charge in [0, 0.05) is 47.5 Å². The number of rotatable bonds is 1. The van der Waals surface area contributed by atoms with Gasteiger partial charge < -0.3 is 10.2 Å². The van der Waals surface area contributed by atoms with Crippen molar-refractivity contribution in [3.05, 3.63) is 45.2 Å². The number of anilines is 1. The topological polar surface area (TPSA) is 61.0 Å². The summed E-state index contributed by atoms with van der Waals surface area (Å²) < 4.78 is 1.05. The number of hydrogen-bond donors (Lipinski definition) is 2. The number of H-pyrrole nitrogens is 1. The fraction of sp³-hybridized carbons (Fsp3) is 0.333. The summed E-state index contributed by atoms with van der Waals surface area (Å²) in [6.07, 6.45) is 1.80. The van der Waals surface area contributed by atoms with Crippen molar-refractivity contribution in [2.24, 2.45) is 0 Å². The van der Waals surface area contributed by atoms with Gasteiger partial charge in [0.2, 0.25) is 0 Å². The highest BCUT2D eigenvalue weighted by Crippen LogP contribution is 2.32. The Hall–Kier alpha value is -1.66. The van der Waals surface area contributed by atoms with E-state index in [9.17, 15) is 4.79 Å². The molecule has 5 nitrogen and oxygen atoms in total. The van der Waals surface area contributed by atoms with Crippen LogP contribution in [0.3, 0.4) is 0 Å². The number of hydrogen-bond acceptors (Lipinski definition) is 3. The molecular formula is C15H15BrN4O. The molecule has 0 bridgehead atoms. The Balaban J connectivity index is 1.70. The van der Waals surface area contributed by atoms with Gasteiger partial charge in [0.1, 0.15) is 0 Å². The van der Waals surface area contributed by atoms with Crippen LogP contribution in [0.25, 0.3) is 0 Å². The van der Waals surface area contributed by atoms with Crippen molar-refractivity contribution in [2.45, 2.75) is 19.4 Å². The molecule has 1 aromatic heterocycles. The van der Waals surface area contributed by atoms with Crippen LogP contribution in [-0.2, 0) is 19.4 Å². The molecule has 21 heavy (non-hydrogen) atoms. The Bertz CT molecular complexity index is 724. The molecule has 1 aromatic carbocycles. The summed E-state index contributed by atoms with van der Waals surface area (Å²) in [5, 5.41) is 10.6. The van der Waals surface area contributed by atoms with Crippen molar-refractivity contribution in [2.75, 3.05) is 18.0 Å². The van der Waals surface area contributed by atoms with Crippen LogP contribution in [-0.4, -0.2) is 29.2 Å². The lowest BCUT2D eigenvalue weighted by Gasteiger charge is -2.18. The Morgan fingerprint density at radius 3 is 3.14 bits per heavy atom. The van der Waals surface area contributed by atoms with E-state index in [0.717, 1.165) is 47.3 Å². The number of amides is 1. The van der Waals surface area contributed by atoms with Crippen molar-refractivity contribution < 1.29 is 4.79 Å². The fourth-order valence-electron chi connectivity index (χ4n) is 3.11. The van der Waals surface area contributed by atoms with E-state index >= 15 is 0 Å². The highest BCUT2D eigenvalue weighted by atomic mass is 79.9. The molecule has 0 unspecified atom stereocenters. The van der Waals surface area contributed by atoms with Crippen molar-refractivity contribution in [3.8, 4) is 0 Å². The van der Waals surface area contributed by atoms with Gasteiger partial charge in [-0.1, -0.05) is 15.9 Å². The molecule has 0 aliphatic carbocycles. The van der Waals surface area contributed by atoms with Crippen LogP contribution >= 0.6 is 15.9 Å². The molecule has 108 valence electrons. The van der Waals surface area contributed by atoms with Gasteiger partial charge in [-0.15, -0.1) is 0 Å². The zero-order valence-corrected chi connectivity index (χ0v) is 13.0. The Labute approximate surface area is 130 Å². The second-order valence-electron chi connectivity index (χ2n) is 5.44. The minimum absolute atomic E-state index is 0.00253. The molecule has 0 atom stereocenters. The van der Waals surface area contributed by atoms with E-state index in [1.807, 2.05) is 17.0 Å². The molecule has 2 aliphatic rings. The second kappa shape index (κ2) is 4.96. The number of fused-ring (bicyclic) bond motifs is 2. The molecule has 1 amide bonds. The molecule has 0 saturated carbocycles. The normalized spacial score (nSPS) is 16.7. The quantitative estimate of drug-likeness (QED) is 0.830. The Kier molecular flexibility index (Phi) is 3.08. The molecule has 0 saturated heterocycles. The average Bonchev–Trinajstić information content (AvgIpc) is 3.10. The van der Waals surface area contributed by atoms with Crippen molar-refractivity contribution in [1.82, 2.24) is 15.5 Å². The third-order valence-corrected chi connectivity index (χ3v) is 4.68. The van der Waals surface area contributed by atoms with Crippen LogP contribution in [0.4, 0.5) is 5.69 Å². The smallest absolute Gasteiger partial charge is 0.279 e. The number of carbonyl (C=O) groups is 1. The zero-order valence-electron chi connectivity index (χ0n) is 11.4. The van der Waals surface area contributed by atoms with E-state index in [2.05, 4.69) is 37.5 Å². The zero-order chi connectivity index (χ0) is 14.4. The average molecular weight is 347 g/mol. The van der Waals surface area contributed by atoms with Crippen molar-refractivity contribution in [3.63, 3.8) is 0 Å². The maximum atomic E-state index is 12.8. The van der Waals surface area contributed by atoms with E-state index in [4.69, 9.17) is 0 Å². The first kappa shape index (κ1) is 13.0. The molecular weight excluding hydrogens is 332 g/mol. The SMILES string of the molecule is O=C(c1n[nH]c2c1CNCC2)N1CCc2cc(Br)ccc21. The summed E-state index contributed by atoms with van der Waals surface area (Å²) >= 11 is 3.48. The first-order valence-corrected chi connectivity index (χ1v) is 7.90. The fourth-order valence-corrected chi connectivity index (χ4v) is 3.52. The minimum Gasteiger partial charge on any atom is -0.312 e. The van der Waals surface area contributed by atoms with Crippen LogP contribution in [0, 0.1) is 0 Å². The number of benzene rings is 1. The molecule has 0 spiro atoms. The van der Waals surface area contributed by atoms with E-state index in [-0.39, 0.29) is 5.91 Å². The van der Waals surface area contributed by atoms with Crippen molar-refractivity contribution >= 4 is 27.5 Å². The van der Waals surface area contributed by atoms with Gasteiger partial charge in [0.05, 0.1) is 0 Å². The van der Waals surface area contributed by atoms with E-state index in [1.54, 1.807) is 0 Å². The number of nitrogens with one attached hydrogen (secondary N) is 2. The highest BCUT2D eigenvalue weighted by molar-refractivity contribution is 9.10. The van der Waals surface area contributed by atoms with E-state index in [1.165, 1.54) is 5.56 Å². The predicted octanol–water partition coefficient (Wildman–Crippen LogP) is 2.02. The first-order valence-electron chi connectivity index (χ1n) is 7.11. The maximum absolute atomic E-state index is 12.8. The minimum atomic E-state index is -0.00253. The molecule has 2 aromatic rings. The van der Waals surface area contributed by atoms with Gasteiger partial charge in [0.15, 0.2) is 5.69 Å². The lowest BCUT2D eigenvalue weighted by molar-refractivity contribution is 0.0983. The Morgan fingerprint density at radius 1 is 1.33 bits per heavy atom. The van der Waals surface area contributed by atoms with E-state index < -0.39 is 0 Å². The van der Waals surface area contributed by atoms with Gasteiger partial charge in [0.25, 0.3) is 5.91 Å².